The summed E-state index contributed by atoms with van der Waals surface area (Å²) in [6.07, 6.45) is 4.40. The van der Waals surface area contributed by atoms with Crippen LogP contribution < -0.4 is 5.32 Å². The van der Waals surface area contributed by atoms with Crippen LogP contribution in [0.3, 0.4) is 0 Å². The van der Waals surface area contributed by atoms with Gasteiger partial charge >= 0.3 is 0 Å². The van der Waals surface area contributed by atoms with Crippen LogP contribution >= 0.6 is 0 Å². The molecule has 3 atom stereocenters. The maximum Gasteiger partial charge on any atom is 0.241 e. The third-order valence-corrected chi connectivity index (χ3v) is 4.26. The van der Waals surface area contributed by atoms with E-state index < -0.39 is 0 Å². The van der Waals surface area contributed by atoms with E-state index in [-0.39, 0.29) is 12.2 Å². The zero-order valence-corrected chi connectivity index (χ0v) is 12.5. The van der Waals surface area contributed by atoms with Gasteiger partial charge in [-0.1, -0.05) is 20.8 Å². The third-order valence-electron chi connectivity index (χ3n) is 4.26. The summed E-state index contributed by atoms with van der Waals surface area (Å²) in [5.74, 6) is 1.55. The predicted molar refractivity (Wildman–Crippen MR) is 75.7 cm³/mol. The van der Waals surface area contributed by atoms with Gasteiger partial charge in [0.05, 0.1) is 12.2 Å². The first-order valence-corrected chi connectivity index (χ1v) is 7.76. The number of carbonyl (C=O) groups excluding carboxylic acids is 1. The van der Waals surface area contributed by atoms with Crippen molar-refractivity contribution in [3.63, 3.8) is 0 Å². The minimum absolute atomic E-state index is 0.0311. The van der Waals surface area contributed by atoms with Crippen LogP contribution in [0.4, 0.5) is 0 Å². The van der Waals surface area contributed by atoms with Gasteiger partial charge in [0.25, 0.3) is 0 Å². The molecule has 1 amide bonds. The number of nitrogens with one attached hydrogen (secondary N) is 1. The summed E-state index contributed by atoms with van der Waals surface area (Å²) in [4.78, 5) is 14.4. The highest BCUT2D eigenvalue weighted by molar-refractivity contribution is 5.84. The third kappa shape index (κ3) is 3.69. The highest BCUT2D eigenvalue weighted by Gasteiger charge is 2.37. The quantitative estimate of drug-likeness (QED) is 0.801. The molecule has 3 unspecified atom stereocenters. The van der Waals surface area contributed by atoms with E-state index >= 15 is 0 Å². The van der Waals surface area contributed by atoms with Gasteiger partial charge in [0.1, 0.15) is 0 Å². The zero-order valence-electron chi connectivity index (χ0n) is 12.5. The van der Waals surface area contributed by atoms with Gasteiger partial charge in [0.2, 0.25) is 5.91 Å². The van der Waals surface area contributed by atoms with Crippen molar-refractivity contribution in [3.05, 3.63) is 0 Å². The molecule has 2 aliphatic rings. The summed E-state index contributed by atoms with van der Waals surface area (Å²) >= 11 is 0. The number of ether oxygens (including phenoxy) is 1. The number of carbonyl (C=O) groups is 1. The van der Waals surface area contributed by atoms with Gasteiger partial charge in [-0.3, -0.25) is 10.1 Å². The van der Waals surface area contributed by atoms with E-state index in [1.807, 2.05) is 0 Å². The normalized spacial score (nSPS) is 31.7. The van der Waals surface area contributed by atoms with Gasteiger partial charge in [0, 0.05) is 19.8 Å². The standard InChI is InChI=1S/C15H28N2O2/c1-4-13-15(18)17(14(16-13)9-11(2)3)7-5-12-6-8-19-10-12/h11-14,16H,4-10H2,1-3H3. The summed E-state index contributed by atoms with van der Waals surface area (Å²) in [5.41, 5.74) is 0. The van der Waals surface area contributed by atoms with E-state index in [4.69, 9.17) is 4.74 Å². The van der Waals surface area contributed by atoms with E-state index in [0.29, 0.717) is 17.7 Å². The predicted octanol–water partition coefficient (Wildman–Crippen LogP) is 2.00. The first kappa shape index (κ1) is 14.8. The molecule has 0 aliphatic carbocycles. The van der Waals surface area contributed by atoms with Crippen LogP contribution in [-0.2, 0) is 9.53 Å². The maximum atomic E-state index is 12.4. The molecule has 110 valence electrons. The average Bonchev–Trinajstić information content (AvgIpc) is 2.96. The molecule has 2 aliphatic heterocycles. The Kier molecular flexibility index (Phi) is 5.22. The molecule has 0 saturated carbocycles. The summed E-state index contributed by atoms with van der Waals surface area (Å²) in [6, 6.07) is 0.0311. The van der Waals surface area contributed by atoms with Crippen LogP contribution in [0.2, 0.25) is 0 Å². The Morgan fingerprint density at radius 2 is 2.26 bits per heavy atom. The molecular formula is C15H28N2O2. The zero-order chi connectivity index (χ0) is 13.8. The van der Waals surface area contributed by atoms with Crippen LogP contribution in [0.1, 0.15) is 46.5 Å². The van der Waals surface area contributed by atoms with Gasteiger partial charge < -0.3 is 9.64 Å². The van der Waals surface area contributed by atoms with Crippen molar-refractivity contribution >= 4 is 5.91 Å². The Balaban J connectivity index is 1.90. The molecule has 0 radical (unpaired) electrons. The van der Waals surface area contributed by atoms with Gasteiger partial charge in [-0.15, -0.1) is 0 Å². The smallest absolute Gasteiger partial charge is 0.241 e. The SMILES string of the molecule is CCC1NC(CC(C)C)N(CCC2CCOC2)C1=O. The largest absolute Gasteiger partial charge is 0.381 e. The first-order chi connectivity index (χ1) is 9.11. The number of amides is 1. The number of hydrogen-bond acceptors (Lipinski definition) is 3. The van der Waals surface area contributed by atoms with Crippen molar-refractivity contribution in [1.29, 1.82) is 0 Å². The Hall–Kier alpha value is -0.610. The summed E-state index contributed by atoms with van der Waals surface area (Å²) in [5, 5.41) is 3.49. The van der Waals surface area contributed by atoms with E-state index in [1.54, 1.807) is 0 Å². The molecule has 0 aromatic carbocycles. The lowest BCUT2D eigenvalue weighted by atomic mass is 10.0. The maximum absolute atomic E-state index is 12.4. The second-order valence-electron chi connectivity index (χ2n) is 6.32. The minimum Gasteiger partial charge on any atom is -0.381 e. The van der Waals surface area contributed by atoms with Crippen LogP contribution in [0.25, 0.3) is 0 Å². The highest BCUT2D eigenvalue weighted by Crippen LogP contribution is 2.22. The first-order valence-electron chi connectivity index (χ1n) is 7.76. The summed E-state index contributed by atoms with van der Waals surface area (Å²) in [6.45, 7) is 9.16. The second kappa shape index (κ2) is 6.71. The minimum atomic E-state index is 0.0311. The monoisotopic (exact) mass is 268 g/mol. The molecular weight excluding hydrogens is 240 g/mol. The van der Waals surface area contributed by atoms with Crippen molar-refractivity contribution < 1.29 is 9.53 Å². The lowest BCUT2D eigenvalue weighted by Crippen LogP contribution is -2.39. The van der Waals surface area contributed by atoms with Crippen molar-refractivity contribution in [2.24, 2.45) is 11.8 Å². The van der Waals surface area contributed by atoms with E-state index in [0.717, 1.165) is 45.4 Å². The lowest BCUT2D eigenvalue weighted by Gasteiger charge is -2.26. The Bertz CT molecular complexity index is 301. The van der Waals surface area contributed by atoms with Gasteiger partial charge in [-0.2, -0.15) is 0 Å². The summed E-state index contributed by atoms with van der Waals surface area (Å²) < 4.78 is 5.41. The molecule has 19 heavy (non-hydrogen) atoms. The lowest BCUT2D eigenvalue weighted by molar-refractivity contribution is -0.130. The number of rotatable bonds is 6. The van der Waals surface area contributed by atoms with Crippen LogP contribution in [-0.4, -0.2) is 42.8 Å². The average molecular weight is 268 g/mol. The molecule has 0 aromatic rings. The Morgan fingerprint density at radius 3 is 2.84 bits per heavy atom. The molecule has 2 rings (SSSR count). The van der Waals surface area contributed by atoms with Crippen LogP contribution in [0, 0.1) is 11.8 Å². The van der Waals surface area contributed by atoms with Gasteiger partial charge in [-0.25, -0.2) is 0 Å². The van der Waals surface area contributed by atoms with E-state index in [1.165, 1.54) is 0 Å². The Morgan fingerprint density at radius 1 is 1.47 bits per heavy atom. The van der Waals surface area contributed by atoms with Crippen molar-refractivity contribution in [3.8, 4) is 0 Å². The molecule has 4 nitrogen and oxygen atoms in total. The van der Waals surface area contributed by atoms with Gasteiger partial charge in [0.15, 0.2) is 0 Å². The molecule has 0 aromatic heterocycles. The van der Waals surface area contributed by atoms with Crippen LogP contribution in [0.5, 0.6) is 0 Å². The fraction of sp³-hybridized carbons (Fsp3) is 0.933. The Labute approximate surface area is 116 Å². The highest BCUT2D eigenvalue weighted by atomic mass is 16.5. The van der Waals surface area contributed by atoms with Crippen molar-refractivity contribution in [1.82, 2.24) is 10.2 Å². The summed E-state index contributed by atoms with van der Waals surface area (Å²) in [7, 11) is 0. The van der Waals surface area contributed by atoms with Crippen molar-refractivity contribution in [2.75, 3.05) is 19.8 Å². The number of nitrogens with zero attached hydrogens (tertiary/aromatic N) is 1. The molecule has 2 saturated heterocycles. The molecule has 1 N–H and O–H groups in total. The molecule has 4 heteroatoms. The second-order valence-corrected chi connectivity index (χ2v) is 6.32. The number of hydrogen-bond donors (Lipinski definition) is 1. The molecule has 0 spiro atoms. The fourth-order valence-electron chi connectivity index (χ4n) is 3.08. The van der Waals surface area contributed by atoms with Gasteiger partial charge in [-0.05, 0) is 37.5 Å². The fourth-order valence-corrected chi connectivity index (χ4v) is 3.08. The molecule has 2 heterocycles. The molecule has 0 bridgehead atoms. The van der Waals surface area contributed by atoms with E-state index in [9.17, 15) is 4.79 Å². The topological polar surface area (TPSA) is 41.6 Å². The molecule has 2 fully saturated rings. The van der Waals surface area contributed by atoms with E-state index in [2.05, 4.69) is 31.0 Å². The van der Waals surface area contributed by atoms with Crippen molar-refractivity contribution in [2.45, 2.75) is 58.7 Å². The van der Waals surface area contributed by atoms with Crippen LogP contribution in [0.15, 0.2) is 0 Å².